The largest absolute Gasteiger partial charge is 0.496 e. The molecular formula is C37H38N4O8S. The number of anilines is 4. The molecule has 260 valence electrons. The number of pyridine rings is 1. The number of methoxy groups -OCH3 is 3. The number of nitrogens with one attached hydrogen (secondary N) is 3. The number of carbonyl (C=O) groups excluding carboxylic acids is 2. The number of hydrogen-bond acceptors (Lipinski definition) is 10. The smallest absolute Gasteiger partial charge is 0.341 e. The SMILES string of the molecule is COC(=O)c1ccc(Nc2cc(Oc3ccc(NC(=O)Nc4cc(C(C)(C)C)cc(S(C)(=O)=O)c4OC)c4ccccc34)ccn2)cc1OC. The van der Waals surface area contributed by atoms with Crippen LogP contribution in [-0.4, -0.2) is 53.0 Å². The van der Waals surface area contributed by atoms with Crippen LogP contribution >= 0.6 is 0 Å². The minimum absolute atomic E-state index is 0.0136. The molecule has 0 saturated carbocycles. The van der Waals surface area contributed by atoms with Crippen molar-refractivity contribution in [2.45, 2.75) is 31.1 Å². The molecule has 0 aliphatic rings. The van der Waals surface area contributed by atoms with Gasteiger partial charge < -0.3 is 34.9 Å². The number of nitrogens with zero attached hydrogens (tertiary/aromatic N) is 1. The van der Waals surface area contributed by atoms with E-state index in [-0.39, 0.29) is 16.3 Å². The molecule has 0 aliphatic carbocycles. The highest BCUT2D eigenvalue weighted by molar-refractivity contribution is 7.90. The molecule has 5 rings (SSSR count). The molecule has 0 spiro atoms. The Bertz CT molecular complexity index is 2200. The van der Waals surface area contributed by atoms with Crippen molar-refractivity contribution in [3.63, 3.8) is 0 Å². The molecule has 4 aromatic carbocycles. The quantitative estimate of drug-likeness (QED) is 0.123. The second-order valence-electron chi connectivity index (χ2n) is 12.3. The Morgan fingerprint density at radius 1 is 0.780 bits per heavy atom. The summed E-state index contributed by atoms with van der Waals surface area (Å²) < 4.78 is 47.2. The zero-order chi connectivity index (χ0) is 36.2. The van der Waals surface area contributed by atoms with E-state index in [0.29, 0.717) is 51.0 Å². The Hall–Kier alpha value is -5.82. The van der Waals surface area contributed by atoms with E-state index in [4.69, 9.17) is 18.9 Å². The van der Waals surface area contributed by atoms with Gasteiger partial charge in [0.15, 0.2) is 15.6 Å². The number of rotatable bonds is 10. The van der Waals surface area contributed by atoms with E-state index < -0.39 is 27.3 Å². The number of fused-ring (bicyclic) bond motifs is 1. The van der Waals surface area contributed by atoms with Gasteiger partial charge in [-0.25, -0.2) is 23.0 Å². The van der Waals surface area contributed by atoms with Gasteiger partial charge in [-0.15, -0.1) is 0 Å². The van der Waals surface area contributed by atoms with Crippen molar-refractivity contribution in [1.82, 2.24) is 4.98 Å². The first-order valence-electron chi connectivity index (χ1n) is 15.4. The highest BCUT2D eigenvalue weighted by atomic mass is 32.2. The van der Waals surface area contributed by atoms with Gasteiger partial charge in [-0.3, -0.25) is 0 Å². The van der Waals surface area contributed by atoms with Crippen LogP contribution in [0.1, 0.15) is 36.7 Å². The van der Waals surface area contributed by atoms with Gasteiger partial charge in [0.2, 0.25) is 0 Å². The molecule has 0 unspecified atom stereocenters. The summed E-state index contributed by atoms with van der Waals surface area (Å²) in [5.41, 5.74) is 1.97. The topological polar surface area (TPSA) is 154 Å². The van der Waals surface area contributed by atoms with Crippen molar-refractivity contribution in [3.8, 4) is 23.0 Å². The third-order valence-corrected chi connectivity index (χ3v) is 8.85. The van der Waals surface area contributed by atoms with E-state index >= 15 is 0 Å². The van der Waals surface area contributed by atoms with E-state index in [1.807, 2.05) is 45.0 Å². The number of benzene rings is 4. The number of ether oxygens (including phenoxy) is 4. The zero-order valence-electron chi connectivity index (χ0n) is 28.7. The number of aromatic nitrogens is 1. The maximum absolute atomic E-state index is 13.4. The second kappa shape index (κ2) is 14.3. The van der Waals surface area contributed by atoms with Crippen LogP contribution in [0.15, 0.2) is 90.0 Å². The van der Waals surface area contributed by atoms with Gasteiger partial charge >= 0.3 is 12.0 Å². The number of esters is 1. The second-order valence-corrected chi connectivity index (χ2v) is 14.3. The summed E-state index contributed by atoms with van der Waals surface area (Å²) >= 11 is 0. The normalized spacial score (nSPS) is 11.4. The number of hydrogen-bond donors (Lipinski definition) is 3. The number of carbonyl (C=O) groups is 2. The van der Waals surface area contributed by atoms with Gasteiger partial charge in [0.1, 0.15) is 33.5 Å². The minimum Gasteiger partial charge on any atom is -0.496 e. The molecule has 2 amide bonds. The van der Waals surface area contributed by atoms with Gasteiger partial charge in [0, 0.05) is 41.0 Å². The molecule has 5 aromatic rings. The number of amides is 2. The fraction of sp³-hybridized carbons (Fsp3) is 0.216. The fourth-order valence-corrected chi connectivity index (χ4v) is 6.10. The summed E-state index contributed by atoms with van der Waals surface area (Å²) in [6, 6.07) is 22.0. The Morgan fingerprint density at radius 2 is 1.50 bits per heavy atom. The van der Waals surface area contributed by atoms with Crippen molar-refractivity contribution in [2.75, 3.05) is 43.5 Å². The number of urea groups is 1. The van der Waals surface area contributed by atoms with Crippen molar-refractivity contribution in [3.05, 3.63) is 96.2 Å². The van der Waals surface area contributed by atoms with Crippen LogP contribution in [0, 0.1) is 0 Å². The van der Waals surface area contributed by atoms with E-state index in [1.54, 1.807) is 60.8 Å². The van der Waals surface area contributed by atoms with E-state index in [1.165, 1.54) is 21.3 Å². The summed E-state index contributed by atoms with van der Waals surface area (Å²) in [4.78, 5) is 29.8. The van der Waals surface area contributed by atoms with Crippen LogP contribution in [0.5, 0.6) is 23.0 Å². The molecule has 0 fully saturated rings. The maximum Gasteiger partial charge on any atom is 0.341 e. The number of sulfone groups is 1. The first-order chi connectivity index (χ1) is 23.7. The maximum atomic E-state index is 13.4. The summed E-state index contributed by atoms with van der Waals surface area (Å²) in [5.74, 6) is 1.40. The summed E-state index contributed by atoms with van der Waals surface area (Å²) in [6.07, 6.45) is 2.70. The monoisotopic (exact) mass is 698 g/mol. The van der Waals surface area contributed by atoms with Crippen LogP contribution in [-0.2, 0) is 20.0 Å². The average molecular weight is 699 g/mol. The molecule has 50 heavy (non-hydrogen) atoms. The van der Waals surface area contributed by atoms with Crippen LogP contribution in [0.2, 0.25) is 0 Å². The lowest BCUT2D eigenvalue weighted by atomic mass is 9.86. The lowest BCUT2D eigenvalue weighted by molar-refractivity contribution is 0.0597. The standard InChI is InChI=1S/C37H38N4O8S/c1-37(2,3)22-18-29(34(47-5)32(19-22)50(7,44)45)41-36(43)40-28-14-15-30(26-11-9-8-10-25(26)28)49-24-16-17-38-33(21-24)39-23-12-13-27(35(42)48-6)31(20-23)46-4/h8-21H,1-7H3,(H,38,39)(H2,40,41,43). The molecular weight excluding hydrogens is 660 g/mol. The van der Waals surface area contributed by atoms with E-state index in [2.05, 4.69) is 20.9 Å². The molecule has 3 N–H and O–H groups in total. The van der Waals surface area contributed by atoms with Gasteiger partial charge in [0.25, 0.3) is 0 Å². The third kappa shape index (κ3) is 7.90. The molecule has 13 heteroatoms. The van der Waals surface area contributed by atoms with Crippen LogP contribution < -0.4 is 30.2 Å². The highest BCUT2D eigenvalue weighted by Crippen LogP contribution is 2.39. The van der Waals surface area contributed by atoms with Crippen LogP contribution in [0.4, 0.5) is 27.7 Å². The molecule has 1 aromatic heterocycles. The molecule has 0 saturated heterocycles. The van der Waals surface area contributed by atoms with Gasteiger partial charge in [0.05, 0.1) is 32.7 Å². The summed E-state index contributed by atoms with van der Waals surface area (Å²) in [6.45, 7) is 5.86. The minimum atomic E-state index is -3.67. The van der Waals surface area contributed by atoms with E-state index in [9.17, 15) is 18.0 Å². The van der Waals surface area contributed by atoms with Crippen molar-refractivity contribution in [1.29, 1.82) is 0 Å². The Morgan fingerprint density at radius 3 is 2.16 bits per heavy atom. The summed E-state index contributed by atoms with van der Waals surface area (Å²) in [7, 11) is 0.460. The molecule has 0 bridgehead atoms. The lowest BCUT2D eigenvalue weighted by Crippen LogP contribution is -2.22. The molecule has 0 atom stereocenters. The van der Waals surface area contributed by atoms with Crippen molar-refractivity contribution >= 4 is 55.5 Å². The van der Waals surface area contributed by atoms with Crippen molar-refractivity contribution in [2.24, 2.45) is 0 Å². The molecule has 0 aliphatic heterocycles. The Kier molecular flexibility index (Phi) is 10.2. The first kappa shape index (κ1) is 35.5. The van der Waals surface area contributed by atoms with Crippen molar-refractivity contribution < 1.29 is 37.0 Å². The van der Waals surface area contributed by atoms with Gasteiger partial charge in [-0.2, -0.15) is 0 Å². The summed E-state index contributed by atoms with van der Waals surface area (Å²) in [5, 5.41) is 10.3. The van der Waals surface area contributed by atoms with Crippen LogP contribution in [0.25, 0.3) is 10.8 Å². The first-order valence-corrected chi connectivity index (χ1v) is 17.3. The van der Waals surface area contributed by atoms with Gasteiger partial charge in [-0.1, -0.05) is 45.0 Å². The highest BCUT2D eigenvalue weighted by Gasteiger charge is 2.25. The molecule has 12 nitrogen and oxygen atoms in total. The lowest BCUT2D eigenvalue weighted by Gasteiger charge is -2.23. The fourth-order valence-electron chi connectivity index (χ4n) is 5.22. The third-order valence-electron chi connectivity index (χ3n) is 7.74. The Balaban J connectivity index is 1.39. The molecule has 1 heterocycles. The average Bonchev–Trinajstić information content (AvgIpc) is 3.08. The Labute approximate surface area is 290 Å². The van der Waals surface area contributed by atoms with E-state index in [0.717, 1.165) is 11.6 Å². The zero-order valence-corrected chi connectivity index (χ0v) is 29.5. The predicted molar refractivity (Wildman–Crippen MR) is 193 cm³/mol. The molecule has 0 radical (unpaired) electrons. The predicted octanol–water partition coefficient (Wildman–Crippen LogP) is 7.92. The van der Waals surface area contributed by atoms with Crippen LogP contribution in [0.3, 0.4) is 0 Å². The van der Waals surface area contributed by atoms with Gasteiger partial charge in [-0.05, 0) is 53.4 Å².